The highest BCUT2D eigenvalue weighted by molar-refractivity contribution is 5.80. The number of ketones is 1. The second-order valence-corrected chi connectivity index (χ2v) is 5.57. The van der Waals surface area contributed by atoms with E-state index in [1.165, 1.54) is 50.7 Å². The molecule has 0 heterocycles. The molecule has 20 heavy (non-hydrogen) atoms. The van der Waals surface area contributed by atoms with Crippen molar-refractivity contribution in [2.75, 3.05) is 0 Å². The van der Waals surface area contributed by atoms with Gasteiger partial charge in [0.25, 0.3) is 0 Å². The van der Waals surface area contributed by atoms with E-state index < -0.39 is 0 Å². The van der Waals surface area contributed by atoms with E-state index in [0.29, 0.717) is 12.8 Å². The van der Waals surface area contributed by atoms with Gasteiger partial charge in [-0.15, -0.1) is 0 Å². The first-order chi connectivity index (χ1) is 9.72. The third-order valence-electron chi connectivity index (χ3n) is 3.60. The summed E-state index contributed by atoms with van der Waals surface area (Å²) in [5.74, 6) is -0.0380. The van der Waals surface area contributed by atoms with Gasteiger partial charge < -0.3 is 0 Å². The summed E-state index contributed by atoms with van der Waals surface area (Å²) in [6.07, 6.45) is 10.9. The lowest BCUT2D eigenvalue weighted by atomic mass is 10.0. The number of hydrogen-bond acceptors (Lipinski definition) is 1. The number of unbranched alkanes of at least 4 members (excludes halogenated alkanes) is 7. The molecule has 0 saturated carbocycles. The molecule has 0 saturated heterocycles. The Hall–Kier alpha value is -1.18. The zero-order valence-corrected chi connectivity index (χ0v) is 12.7. The number of benzene rings is 1. The molecular formula is C18H27FO. The molecular weight excluding hydrogens is 251 g/mol. The monoisotopic (exact) mass is 278 g/mol. The van der Waals surface area contributed by atoms with Crippen molar-refractivity contribution in [1.29, 1.82) is 0 Å². The highest BCUT2D eigenvalue weighted by Crippen LogP contribution is 2.11. The molecule has 1 nitrogen and oxygen atoms in total. The predicted octanol–water partition coefficient (Wildman–Crippen LogP) is 5.47. The summed E-state index contributed by atoms with van der Waals surface area (Å²) in [4.78, 5) is 11.8. The number of Topliss-reactive ketones (excluding diaryl/α,β-unsaturated/α-hetero) is 1. The standard InChI is InChI=1S/C18H27FO/c1-2-3-4-5-6-7-8-9-13-18(20)15-16-11-10-12-17(19)14-16/h10-12,14H,2-9,13,15H2,1H3. The summed E-state index contributed by atoms with van der Waals surface area (Å²) in [5, 5.41) is 0. The molecule has 0 N–H and O–H groups in total. The van der Waals surface area contributed by atoms with Crippen molar-refractivity contribution < 1.29 is 9.18 Å². The van der Waals surface area contributed by atoms with Crippen LogP contribution in [-0.2, 0) is 11.2 Å². The highest BCUT2D eigenvalue weighted by atomic mass is 19.1. The van der Waals surface area contributed by atoms with Gasteiger partial charge in [-0.05, 0) is 24.1 Å². The van der Waals surface area contributed by atoms with E-state index in [1.807, 2.05) is 6.07 Å². The zero-order chi connectivity index (χ0) is 14.6. The molecule has 0 radical (unpaired) electrons. The molecule has 2 heteroatoms. The van der Waals surface area contributed by atoms with Gasteiger partial charge in [-0.3, -0.25) is 4.79 Å². The fraction of sp³-hybridized carbons (Fsp3) is 0.611. The molecule has 0 amide bonds. The molecule has 0 spiro atoms. The van der Waals surface area contributed by atoms with Crippen LogP contribution in [0.4, 0.5) is 4.39 Å². The maximum Gasteiger partial charge on any atom is 0.137 e. The first-order valence-corrected chi connectivity index (χ1v) is 7.98. The van der Waals surface area contributed by atoms with Gasteiger partial charge in [0.05, 0.1) is 0 Å². The molecule has 112 valence electrons. The Bertz CT molecular complexity index is 387. The number of hydrogen-bond donors (Lipinski definition) is 0. The van der Waals surface area contributed by atoms with Gasteiger partial charge in [-0.25, -0.2) is 4.39 Å². The summed E-state index contributed by atoms with van der Waals surface area (Å²) >= 11 is 0. The molecule has 0 atom stereocenters. The minimum Gasteiger partial charge on any atom is -0.299 e. The van der Waals surface area contributed by atoms with Crippen molar-refractivity contribution in [2.45, 2.75) is 71.1 Å². The van der Waals surface area contributed by atoms with Crippen LogP contribution in [-0.4, -0.2) is 5.78 Å². The predicted molar refractivity (Wildman–Crippen MR) is 82.3 cm³/mol. The lowest BCUT2D eigenvalue weighted by molar-refractivity contribution is -0.118. The molecule has 0 aromatic heterocycles. The quantitative estimate of drug-likeness (QED) is 0.491. The van der Waals surface area contributed by atoms with Gasteiger partial charge in [0, 0.05) is 12.8 Å². The van der Waals surface area contributed by atoms with E-state index in [2.05, 4.69) is 6.92 Å². The van der Waals surface area contributed by atoms with Crippen molar-refractivity contribution >= 4 is 5.78 Å². The summed E-state index contributed by atoms with van der Waals surface area (Å²) in [6.45, 7) is 2.23. The molecule has 0 bridgehead atoms. The Kier molecular flexibility index (Phi) is 8.93. The third kappa shape index (κ3) is 8.08. The molecule has 0 aliphatic carbocycles. The van der Waals surface area contributed by atoms with Crippen LogP contribution in [0.5, 0.6) is 0 Å². The topological polar surface area (TPSA) is 17.1 Å². The molecule has 0 aliphatic rings. The van der Waals surface area contributed by atoms with Crippen LogP contribution in [0.1, 0.15) is 70.3 Å². The van der Waals surface area contributed by atoms with E-state index in [0.717, 1.165) is 18.4 Å². The van der Waals surface area contributed by atoms with Crippen LogP contribution in [0, 0.1) is 5.82 Å². The van der Waals surface area contributed by atoms with E-state index >= 15 is 0 Å². The van der Waals surface area contributed by atoms with Crippen LogP contribution in [0.2, 0.25) is 0 Å². The first kappa shape index (κ1) is 16.9. The second-order valence-electron chi connectivity index (χ2n) is 5.57. The molecule has 0 fully saturated rings. The van der Waals surface area contributed by atoms with Gasteiger partial charge in [-0.2, -0.15) is 0 Å². The van der Waals surface area contributed by atoms with E-state index in [1.54, 1.807) is 6.07 Å². The minimum absolute atomic E-state index is 0.224. The number of carbonyl (C=O) groups excluding carboxylic acids is 1. The second kappa shape index (κ2) is 10.6. The van der Waals surface area contributed by atoms with Crippen molar-refractivity contribution in [3.63, 3.8) is 0 Å². The van der Waals surface area contributed by atoms with Crippen LogP contribution in [0.15, 0.2) is 24.3 Å². The number of rotatable bonds is 11. The minimum atomic E-state index is -0.262. The van der Waals surface area contributed by atoms with Crippen molar-refractivity contribution in [2.24, 2.45) is 0 Å². The van der Waals surface area contributed by atoms with Gasteiger partial charge in [0.2, 0.25) is 0 Å². The first-order valence-electron chi connectivity index (χ1n) is 7.98. The van der Waals surface area contributed by atoms with Gasteiger partial charge >= 0.3 is 0 Å². The summed E-state index contributed by atoms with van der Waals surface area (Å²) in [7, 11) is 0. The zero-order valence-electron chi connectivity index (χ0n) is 12.7. The lowest BCUT2D eigenvalue weighted by Gasteiger charge is -2.03. The molecule has 1 aromatic rings. The van der Waals surface area contributed by atoms with E-state index in [4.69, 9.17) is 0 Å². The molecule has 1 aromatic carbocycles. The normalized spacial score (nSPS) is 10.7. The van der Waals surface area contributed by atoms with Crippen molar-refractivity contribution in [3.8, 4) is 0 Å². The average molecular weight is 278 g/mol. The summed E-state index contributed by atoms with van der Waals surface area (Å²) in [5.41, 5.74) is 0.787. The number of halogens is 1. The van der Waals surface area contributed by atoms with Crippen LogP contribution >= 0.6 is 0 Å². The number of carbonyl (C=O) groups is 1. The Labute approximate surface area is 122 Å². The maximum absolute atomic E-state index is 13.0. The van der Waals surface area contributed by atoms with Gasteiger partial charge in [0.15, 0.2) is 0 Å². The average Bonchev–Trinajstić information content (AvgIpc) is 2.42. The Morgan fingerprint density at radius 3 is 2.30 bits per heavy atom. The van der Waals surface area contributed by atoms with Crippen LogP contribution in [0.3, 0.4) is 0 Å². The van der Waals surface area contributed by atoms with Crippen molar-refractivity contribution in [3.05, 3.63) is 35.6 Å². The maximum atomic E-state index is 13.0. The fourth-order valence-corrected chi connectivity index (χ4v) is 2.42. The van der Waals surface area contributed by atoms with Crippen LogP contribution < -0.4 is 0 Å². The van der Waals surface area contributed by atoms with Crippen LogP contribution in [0.25, 0.3) is 0 Å². The van der Waals surface area contributed by atoms with Gasteiger partial charge in [-0.1, -0.05) is 64.0 Å². The van der Waals surface area contributed by atoms with Gasteiger partial charge in [0.1, 0.15) is 11.6 Å². The highest BCUT2D eigenvalue weighted by Gasteiger charge is 2.04. The molecule has 1 rings (SSSR count). The largest absolute Gasteiger partial charge is 0.299 e. The van der Waals surface area contributed by atoms with Crippen molar-refractivity contribution in [1.82, 2.24) is 0 Å². The third-order valence-corrected chi connectivity index (χ3v) is 3.60. The Morgan fingerprint density at radius 1 is 1.00 bits per heavy atom. The fourth-order valence-electron chi connectivity index (χ4n) is 2.42. The Morgan fingerprint density at radius 2 is 1.65 bits per heavy atom. The summed E-state index contributed by atoms with van der Waals surface area (Å²) in [6, 6.07) is 6.33. The SMILES string of the molecule is CCCCCCCCCCC(=O)Cc1cccc(F)c1. The Balaban J connectivity index is 2.03. The molecule has 0 aliphatic heterocycles. The van der Waals surface area contributed by atoms with E-state index in [9.17, 15) is 9.18 Å². The lowest BCUT2D eigenvalue weighted by Crippen LogP contribution is -2.02. The summed E-state index contributed by atoms with van der Waals surface area (Å²) < 4.78 is 13.0. The molecule has 0 unspecified atom stereocenters. The smallest absolute Gasteiger partial charge is 0.137 e. The van der Waals surface area contributed by atoms with E-state index in [-0.39, 0.29) is 11.6 Å².